The van der Waals surface area contributed by atoms with E-state index in [4.69, 9.17) is 0 Å². The summed E-state index contributed by atoms with van der Waals surface area (Å²) in [4.78, 5) is 11.9. The highest BCUT2D eigenvalue weighted by Crippen LogP contribution is 2.10. The third-order valence-corrected chi connectivity index (χ3v) is 3.07. The minimum absolute atomic E-state index is 0. The van der Waals surface area contributed by atoms with E-state index in [0.29, 0.717) is 11.6 Å². The standard InChI is InChI=1S/C13H17FN2O.ClH/c1-9-8-12(6-7-15-9)16-13(17)10-2-4-11(14)5-3-10;/h2-5,9,12,15H,6-8H2,1H3,(H,16,17);1H. The predicted octanol–water partition coefficient (Wildman–Crippen LogP) is 2.12. The van der Waals surface area contributed by atoms with Crippen LogP contribution < -0.4 is 10.6 Å². The molecule has 3 nitrogen and oxygen atoms in total. The Kier molecular flexibility index (Phi) is 5.56. The van der Waals surface area contributed by atoms with Crippen LogP contribution in [-0.4, -0.2) is 24.5 Å². The number of hydrogen-bond acceptors (Lipinski definition) is 2. The van der Waals surface area contributed by atoms with Gasteiger partial charge in [0.15, 0.2) is 0 Å². The first-order chi connectivity index (χ1) is 8.15. The van der Waals surface area contributed by atoms with E-state index in [9.17, 15) is 9.18 Å². The molecule has 2 rings (SSSR count). The van der Waals surface area contributed by atoms with Crippen molar-refractivity contribution in [1.82, 2.24) is 10.6 Å². The summed E-state index contributed by atoms with van der Waals surface area (Å²) in [5.41, 5.74) is 0.512. The van der Waals surface area contributed by atoms with E-state index in [1.54, 1.807) is 0 Å². The number of carbonyl (C=O) groups excluding carboxylic acids is 1. The first kappa shape index (κ1) is 14.9. The summed E-state index contributed by atoms with van der Waals surface area (Å²) in [6.45, 7) is 3.03. The third-order valence-electron chi connectivity index (χ3n) is 3.07. The molecule has 18 heavy (non-hydrogen) atoms. The average molecular weight is 273 g/mol. The van der Waals surface area contributed by atoms with E-state index in [2.05, 4.69) is 17.6 Å². The van der Waals surface area contributed by atoms with E-state index in [-0.39, 0.29) is 30.2 Å². The fourth-order valence-corrected chi connectivity index (χ4v) is 2.13. The van der Waals surface area contributed by atoms with Gasteiger partial charge in [-0.05, 0) is 50.6 Å². The zero-order chi connectivity index (χ0) is 12.3. The van der Waals surface area contributed by atoms with Crippen LogP contribution in [0.3, 0.4) is 0 Å². The molecule has 5 heteroatoms. The molecule has 0 radical (unpaired) electrons. The van der Waals surface area contributed by atoms with E-state index >= 15 is 0 Å². The van der Waals surface area contributed by atoms with Crippen LogP contribution in [0.4, 0.5) is 4.39 Å². The smallest absolute Gasteiger partial charge is 0.251 e. The fraction of sp³-hybridized carbons (Fsp3) is 0.462. The minimum atomic E-state index is -0.322. The van der Waals surface area contributed by atoms with Crippen LogP contribution >= 0.6 is 12.4 Å². The summed E-state index contributed by atoms with van der Waals surface area (Å²) in [5, 5.41) is 6.32. The fourth-order valence-electron chi connectivity index (χ4n) is 2.13. The van der Waals surface area contributed by atoms with Crippen molar-refractivity contribution in [3.63, 3.8) is 0 Å². The van der Waals surface area contributed by atoms with Gasteiger partial charge in [-0.3, -0.25) is 4.79 Å². The number of hydrogen-bond donors (Lipinski definition) is 2. The number of nitrogens with one attached hydrogen (secondary N) is 2. The van der Waals surface area contributed by atoms with Crippen molar-refractivity contribution < 1.29 is 9.18 Å². The van der Waals surface area contributed by atoms with Crippen molar-refractivity contribution in [3.05, 3.63) is 35.6 Å². The molecule has 0 aliphatic carbocycles. The van der Waals surface area contributed by atoms with Crippen LogP contribution in [0.15, 0.2) is 24.3 Å². The molecule has 0 aromatic heterocycles. The van der Waals surface area contributed by atoms with Crippen molar-refractivity contribution in [3.8, 4) is 0 Å². The van der Waals surface area contributed by atoms with Gasteiger partial charge in [0, 0.05) is 17.6 Å². The number of rotatable bonds is 2. The molecule has 1 aromatic carbocycles. The molecule has 1 amide bonds. The Morgan fingerprint density at radius 1 is 1.39 bits per heavy atom. The largest absolute Gasteiger partial charge is 0.349 e. The van der Waals surface area contributed by atoms with Gasteiger partial charge in [-0.25, -0.2) is 4.39 Å². The predicted molar refractivity (Wildman–Crippen MR) is 71.6 cm³/mol. The molecule has 100 valence electrons. The molecular formula is C13H18ClFN2O. The SMILES string of the molecule is CC1CC(NC(=O)c2ccc(F)cc2)CCN1.Cl. The van der Waals surface area contributed by atoms with Gasteiger partial charge >= 0.3 is 0 Å². The summed E-state index contributed by atoms with van der Waals surface area (Å²) >= 11 is 0. The number of amides is 1. The van der Waals surface area contributed by atoms with E-state index in [1.165, 1.54) is 24.3 Å². The highest BCUT2D eigenvalue weighted by atomic mass is 35.5. The lowest BCUT2D eigenvalue weighted by Crippen LogP contribution is -2.46. The molecule has 1 saturated heterocycles. The summed E-state index contributed by atoms with van der Waals surface area (Å²) in [6, 6.07) is 6.27. The Bertz CT molecular complexity index is 396. The monoisotopic (exact) mass is 272 g/mol. The Balaban J connectivity index is 0.00000162. The lowest BCUT2D eigenvalue weighted by molar-refractivity contribution is 0.0925. The van der Waals surface area contributed by atoms with Crippen molar-refractivity contribution in [2.75, 3.05) is 6.54 Å². The van der Waals surface area contributed by atoms with Crippen LogP contribution in [0.25, 0.3) is 0 Å². The van der Waals surface area contributed by atoms with Gasteiger partial charge in [0.1, 0.15) is 5.82 Å². The number of piperidine rings is 1. The van der Waals surface area contributed by atoms with Crippen LogP contribution in [0.1, 0.15) is 30.1 Å². The Morgan fingerprint density at radius 3 is 2.67 bits per heavy atom. The molecular weight excluding hydrogens is 255 g/mol. The van der Waals surface area contributed by atoms with Crippen LogP contribution in [0, 0.1) is 5.82 Å². The highest BCUT2D eigenvalue weighted by Gasteiger charge is 2.20. The maximum atomic E-state index is 12.7. The first-order valence-electron chi connectivity index (χ1n) is 5.95. The lowest BCUT2D eigenvalue weighted by Gasteiger charge is -2.28. The van der Waals surface area contributed by atoms with Crippen molar-refractivity contribution in [1.29, 1.82) is 0 Å². The zero-order valence-electron chi connectivity index (χ0n) is 10.3. The second kappa shape index (κ2) is 6.71. The summed E-state index contributed by atoms with van der Waals surface area (Å²) in [6.07, 6.45) is 1.88. The maximum absolute atomic E-state index is 12.7. The van der Waals surface area contributed by atoms with Gasteiger partial charge in [0.2, 0.25) is 0 Å². The minimum Gasteiger partial charge on any atom is -0.349 e. The quantitative estimate of drug-likeness (QED) is 0.866. The maximum Gasteiger partial charge on any atom is 0.251 e. The highest BCUT2D eigenvalue weighted by molar-refractivity contribution is 5.94. The summed E-state index contributed by atoms with van der Waals surface area (Å²) in [5.74, 6) is -0.443. The van der Waals surface area contributed by atoms with E-state index < -0.39 is 0 Å². The molecule has 2 N–H and O–H groups in total. The molecule has 2 unspecified atom stereocenters. The van der Waals surface area contributed by atoms with Gasteiger partial charge in [0.25, 0.3) is 5.91 Å². The lowest BCUT2D eigenvalue weighted by atomic mass is 10.0. The van der Waals surface area contributed by atoms with Crippen molar-refractivity contribution in [2.45, 2.75) is 31.8 Å². The molecule has 0 spiro atoms. The van der Waals surface area contributed by atoms with Gasteiger partial charge in [-0.2, -0.15) is 0 Å². The topological polar surface area (TPSA) is 41.1 Å². The Hall–Kier alpha value is -1.13. The second-order valence-corrected chi connectivity index (χ2v) is 4.56. The summed E-state index contributed by atoms with van der Waals surface area (Å²) in [7, 11) is 0. The normalized spacial score (nSPS) is 23.0. The van der Waals surface area contributed by atoms with Gasteiger partial charge in [-0.15, -0.1) is 12.4 Å². The van der Waals surface area contributed by atoms with Gasteiger partial charge in [0.05, 0.1) is 0 Å². The number of carbonyl (C=O) groups is 1. The Labute approximate surface area is 113 Å². The summed E-state index contributed by atoms with van der Waals surface area (Å²) < 4.78 is 12.7. The van der Waals surface area contributed by atoms with Gasteiger partial charge < -0.3 is 10.6 Å². The molecule has 2 atom stereocenters. The average Bonchev–Trinajstić information content (AvgIpc) is 2.29. The first-order valence-corrected chi connectivity index (χ1v) is 5.95. The number of halogens is 2. The number of benzene rings is 1. The van der Waals surface area contributed by atoms with E-state index in [1.807, 2.05) is 0 Å². The van der Waals surface area contributed by atoms with Crippen molar-refractivity contribution >= 4 is 18.3 Å². The molecule has 1 fully saturated rings. The molecule has 0 bridgehead atoms. The zero-order valence-corrected chi connectivity index (χ0v) is 11.1. The second-order valence-electron chi connectivity index (χ2n) is 4.56. The molecule has 1 heterocycles. The van der Waals surface area contributed by atoms with E-state index in [0.717, 1.165) is 19.4 Å². The molecule has 0 saturated carbocycles. The molecule has 1 aliphatic heterocycles. The Morgan fingerprint density at radius 2 is 2.06 bits per heavy atom. The van der Waals surface area contributed by atoms with Crippen molar-refractivity contribution in [2.24, 2.45) is 0 Å². The van der Waals surface area contributed by atoms with Crippen LogP contribution in [0.5, 0.6) is 0 Å². The molecule has 1 aliphatic rings. The van der Waals surface area contributed by atoms with Gasteiger partial charge in [-0.1, -0.05) is 0 Å². The van der Waals surface area contributed by atoms with Crippen LogP contribution in [-0.2, 0) is 0 Å². The molecule has 1 aromatic rings. The van der Waals surface area contributed by atoms with Crippen LogP contribution in [0.2, 0.25) is 0 Å². The third kappa shape index (κ3) is 3.96.